The molecule has 5 nitrogen and oxygen atoms in total. The average molecular weight is 296 g/mol. The second kappa shape index (κ2) is 7.70. The zero-order valence-electron chi connectivity index (χ0n) is 12.2. The summed E-state index contributed by atoms with van der Waals surface area (Å²) in [6, 6.07) is 17.5. The maximum Gasteiger partial charge on any atom is 0.408 e. The lowest BCUT2D eigenvalue weighted by Crippen LogP contribution is -2.28. The van der Waals surface area contributed by atoms with Crippen LogP contribution in [0.25, 0.3) is 0 Å². The van der Waals surface area contributed by atoms with Gasteiger partial charge in [-0.05, 0) is 23.3 Å². The van der Waals surface area contributed by atoms with E-state index in [2.05, 4.69) is 5.32 Å². The molecule has 0 unspecified atom stereocenters. The fourth-order valence-electron chi connectivity index (χ4n) is 1.89. The van der Waals surface area contributed by atoms with Crippen LogP contribution in [0.15, 0.2) is 54.6 Å². The summed E-state index contributed by atoms with van der Waals surface area (Å²) in [6.07, 6.45) is -0.641. The van der Waals surface area contributed by atoms with E-state index in [0.29, 0.717) is 11.3 Å². The molecule has 0 saturated carbocycles. The molecule has 22 heavy (non-hydrogen) atoms. The number of alkyl carbamates (subject to hydrolysis) is 1. The average Bonchev–Trinajstić information content (AvgIpc) is 2.58. The Labute approximate surface area is 129 Å². The number of nitriles is 1. The highest BCUT2D eigenvalue weighted by atomic mass is 16.5. The molecular weight excluding hydrogens is 280 g/mol. The number of nitrogens with one attached hydrogen (secondary N) is 1. The van der Waals surface area contributed by atoms with Crippen molar-refractivity contribution in [1.82, 2.24) is 5.32 Å². The molecular formula is C17H16N2O3. The van der Waals surface area contributed by atoms with Crippen LogP contribution in [0, 0.1) is 11.3 Å². The Balaban J connectivity index is 1.95. The number of nitrogens with zero attached hydrogens (tertiary/aromatic N) is 1. The van der Waals surface area contributed by atoms with Crippen LogP contribution in [-0.2, 0) is 11.3 Å². The second-order valence-electron chi connectivity index (χ2n) is 4.54. The Morgan fingerprint density at radius 2 is 2.00 bits per heavy atom. The monoisotopic (exact) mass is 296 g/mol. The van der Waals surface area contributed by atoms with Crippen LogP contribution in [0.4, 0.5) is 4.79 Å². The molecule has 0 aromatic heterocycles. The minimum absolute atomic E-state index is 0.156. The van der Waals surface area contributed by atoms with E-state index < -0.39 is 12.1 Å². The summed E-state index contributed by atoms with van der Waals surface area (Å²) in [4.78, 5) is 11.8. The Kier molecular flexibility index (Phi) is 5.38. The summed E-state index contributed by atoms with van der Waals surface area (Å²) in [5.74, 6) is 0.622. The fourth-order valence-corrected chi connectivity index (χ4v) is 1.89. The van der Waals surface area contributed by atoms with Crippen molar-refractivity contribution >= 4 is 6.09 Å². The molecule has 0 heterocycles. The highest BCUT2D eigenvalue weighted by Crippen LogP contribution is 2.18. The molecule has 0 saturated heterocycles. The summed E-state index contributed by atoms with van der Waals surface area (Å²) in [7, 11) is 1.54. The molecule has 2 aromatic carbocycles. The number of hydrogen-bond acceptors (Lipinski definition) is 4. The third-order valence-electron chi connectivity index (χ3n) is 3.03. The number of carbonyl (C=O) groups excluding carboxylic acids is 1. The maximum absolute atomic E-state index is 11.8. The molecule has 0 bridgehead atoms. The first-order valence-corrected chi connectivity index (χ1v) is 6.73. The van der Waals surface area contributed by atoms with Gasteiger partial charge in [0.1, 0.15) is 18.4 Å². The Bertz CT molecular complexity index is 665. The van der Waals surface area contributed by atoms with E-state index in [1.165, 1.54) is 0 Å². The van der Waals surface area contributed by atoms with E-state index in [1.54, 1.807) is 31.4 Å². The summed E-state index contributed by atoms with van der Waals surface area (Å²) >= 11 is 0. The van der Waals surface area contributed by atoms with Crippen molar-refractivity contribution in [2.75, 3.05) is 7.11 Å². The Morgan fingerprint density at radius 1 is 1.23 bits per heavy atom. The van der Waals surface area contributed by atoms with Crippen LogP contribution in [0.5, 0.6) is 5.75 Å². The Morgan fingerprint density at radius 3 is 2.68 bits per heavy atom. The van der Waals surface area contributed by atoms with Crippen LogP contribution in [0.1, 0.15) is 17.2 Å². The van der Waals surface area contributed by atoms with Gasteiger partial charge in [-0.15, -0.1) is 0 Å². The first-order valence-electron chi connectivity index (χ1n) is 6.73. The van der Waals surface area contributed by atoms with Crippen molar-refractivity contribution in [2.45, 2.75) is 12.6 Å². The third kappa shape index (κ3) is 4.25. The highest BCUT2D eigenvalue weighted by molar-refractivity contribution is 5.68. The topological polar surface area (TPSA) is 71.3 Å². The molecule has 1 amide bonds. The van der Waals surface area contributed by atoms with E-state index in [1.807, 2.05) is 36.4 Å². The molecule has 0 aliphatic heterocycles. The molecule has 1 atom stereocenters. The number of amides is 1. The van der Waals surface area contributed by atoms with Crippen molar-refractivity contribution in [2.24, 2.45) is 0 Å². The van der Waals surface area contributed by atoms with Crippen molar-refractivity contribution in [3.8, 4) is 11.8 Å². The smallest absolute Gasteiger partial charge is 0.408 e. The van der Waals surface area contributed by atoms with Crippen LogP contribution >= 0.6 is 0 Å². The molecule has 0 aliphatic carbocycles. The van der Waals surface area contributed by atoms with Crippen molar-refractivity contribution in [1.29, 1.82) is 5.26 Å². The highest BCUT2D eigenvalue weighted by Gasteiger charge is 2.15. The van der Waals surface area contributed by atoms with Crippen molar-refractivity contribution < 1.29 is 14.3 Å². The van der Waals surface area contributed by atoms with Gasteiger partial charge in [0.25, 0.3) is 0 Å². The number of hydrogen-bond donors (Lipinski definition) is 1. The third-order valence-corrected chi connectivity index (χ3v) is 3.03. The van der Waals surface area contributed by atoms with Gasteiger partial charge in [-0.1, -0.05) is 42.5 Å². The first-order chi connectivity index (χ1) is 10.7. The fraction of sp³-hybridized carbons (Fsp3) is 0.176. The van der Waals surface area contributed by atoms with Gasteiger partial charge in [0, 0.05) is 0 Å². The molecule has 0 spiro atoms. The predicted octanol–water partition coefficient (Wildman–Crippen LogP) is 3.19. The predicted molar refractivity (Wildman–Crippen MR) is 81.1 cm³/mol. The van der Waals surface area contributed by atoms with E-state index in [-0.39, 0.29) is 6.61 Å². The molecule has 0 aliphatic rings. The maximum atomic E-state index is 11.8. The normalized spacial score (nSPS) is 11.1. The lowest BCUT2D eigenvalue weighted by molar-refractivity contribution is 0.137. The standard InChI is InChI=1S/C17H16N2O3/c1-21-15-9-5-8-14(10-15)16(11-18)19-17(20)22-12-13-6-3-2-4-7-13/h2-10,16H,12H2,1H3,(H,19,20)/t16-/m0/s1. The van der Waals surface area contributed by atoms with E-state index in [9.17, 15) is 10.1 Å². The van der Waals surface area contributed by atoms with E-state index >= 15 is 0 Å². The SMILES string of the molecule is COc1cccc([C@H](C#N)NC(=O)OCc2ccccc2)c1. The van der Waals surface area contributed by atoms with Gasteiger partial charge in [-0.2, -0.15) is 5.26 Å². The van der Waals surface area contributed by atoms with E-state index in [0.717, 1.165) is 5.56 Å². The number of carbonyl (C=O) groups is 1. The first kappa shape index (κ1) is 15.4. The quantitative estimate of drug-likeness (QED) is 0.919. The Hall–Kier alpha value is -3.00. The second-order valence-corrected chi connectivity index (χ2v) is 4.54. The van der Waals surface area contributed by atoms with Crippen molar-refractivity contribution in [3.63, 3.8) is 0 Å². The van der Waals surface area contributed by atoms with Gasteiger partial charge in [0.2, 0.25) is 0 Å². The molecule has 1 N–H and O–H groups in total. The molecule has 0 fully saturated rings. The summed E-state index contributed by atoms with van der Waals surface area (Å²) < 4.78 is 10.2. The van der Waals surface area contributed by atoms with Gasteiger partial charge in [0.15, 0.2) is 0 Å². The largest absolute Gasteiger partial charge is 0.497 e. The van der Waals surface area contributed by atoms with Gasteiger partial charge < -0.3 is 14.8 Å². The molecule has 5 heteroatoms. The van der Waals surface area contributed by atoms with Crippen LogP contribution in [0.2, 0.25) is 0 Å². The number of ether oxygens (including phenoxy) is 2. The van der Waals surface area contributed by atoms with Gasteiger partial charge in [-0.3, -0.25) is 0 Å². The lowest BCUT2D eigenvalue weighted by atomic mass is 10.1. The van der Waals surface area contributed by atoms with Gasteiger partial charge >= 0.3 is 6.09 Å². The summed E-state index contributed by atoms with van der Waals surface area (Å²) in [5.41, 5.74) is 1.52. The summed E-state index contributed by atoms with van der Waals surface area (Å²) in [6.45, 7) is 0.156. The van der Waals surface area contributed by atoms with Gasteiger partial charge in [0.05, 0.1) is 13.2 Å². The van der Waals surface area contributed by atoms with Crippen LogP contribution in [0.3, 0.4) is 0 Å². The molecule has 0 radical (unpaired) electrons. The number of methoxy groups -OCH3 is 1. The molecule has 112 valence electrons. The molecule has 2 aromatic rings. The zero-order valence-corrected chi connectivity index (χ0v) is 12.2. The van der Waals surface area contributed by atoms with Crippen LogP contribution in [-0.4, -0.2) is 13.2 Å². The summed E-state index contributed by atoms with van der Waals surface area (Å²) in [5, 5.41) is 11.7. The molecule has 2 rings (SSSR count). The van der Waals surface area contributed by atoms with Crippen molar-refractivity contribution in [3.05, 3.63) is 65.7 Å². The lowest BCUT2D eigenvalue weighted by Gasteiger charge is -2.13. The van der Waals surface area contributed by atoms with Gasteiger partial charge in [-0.25, -0.2) is 4.79 Å². The minimum Gasteiger partial charge on any atom is -0.497 e. The van der Waals surface area contributed by atoms with E-state index in [4.69, 9.17) is 9.47 Å². The van der Waals surface area contributed by atoms with Crippen LogP contribution < -0.4 is 10.1 Å². The zero-order chi connectivity index (χ0) is 15.8. The number of rotatable bonds is 5. The number of benzene rings is 2. The minimum atomic E-state index is -0.793.